The second-order valence-corrected chi connectivity index (χ2v) is 5.98. The molecule has 6 heteroatoms. The number of benzene rings is 1. The van der Waals surface area contributed by atoms with Gasteiger partial charge in [0.2, 0.25) is 0 Å². The van der Waals surface area contributed by atoms with Gasteiger partial charge >= 0.3 is 0 Å². The molecule has 1 aliphatic carbocycles. The highest BCUT2D eigenvalue weighted by Crippen LogP contribution is 2.22. The topological polar surface area (TPSA) is 78.8 Å². The smallest absolute Gasteiger partial charge is 0.265 e. The number of aromatic amines is 1. The predicted octanol–water partition coefficient (Wildman–Crippen LogP) is 3.65. The summed E-state index contributed by atoms with van der Waals surface area (Å²) >= 11 is 0. The maximum atomic E-state index is 4.44. The number of H-pyrrole nitrogens is 1. The van der Waals surface area contributed by atoms with Gasteiger partial charge in [0, 0.05) is 17.1 Å². The Labute approximate surface area is 133 Å². The molecule has 0 amide bonds. The van der Waals surface area contributed by atoms with Crippen LogP contribution >= 0.6 is 0 Å². The lowest BCUT2D eigenvalue weighted by Crippen LogP contribution is -2.07. The first-order valence-electron chi connectivity index (χ1n) is 7.85. The van der Waals surface area contributed by atoms with Crippen LogP contribution < -0.4 is 5.43 Å². The summed E-state index contributed by atoms with van der Waals surface area (Å²) in [6, 6.07) is 7.97. The van der Waals surface area contributed by atoms with Crippen LogP contribution in [0.5, 0.6) is 0 Å². The number of rotatable bonds is 3. The third kappa shape index (κ3) is 2.79. The molecule has 0 fully saturated rings. The second-order valence-electron chi connectivity index (χ2n) is 5.98. The van der Waals surface area contributed by atoms with Crippen molar-refractivity contribution >= 4 is 34.2 Å². The molecule has 23 heavy (non-hydrogen) atoms. The van der Waals surface area contributed by atoms with Crippen molar-refractivity contribution in [2.24, 2.45) is 11.0 Å². The van der Waals surface area contributed by atoms with E-state index in [1.54, 1.807) is 0 Å². The van der Waals surface area contributed by atoms with E-state index in [1.165, 1.54) is 5.57 Å². The quantitative estimate of drug-likeness (QED) is 0.440. The van der Waals surface area contributed by atoms with Gasteiger partial charge in [0.25, 0.3) is 5.95 Å². The number of nitrogens with one attached hydrogen (secondary N) is 2. The second kappa shape index (κ2) is 5.79. The zero-order chi connectivity index (χ0) is 15.6. The molecule has 2 aromatic heterocycles. The first-order chi connectivity index (χ1) is 11.3. The van der Waals surface area contributed by atoms with Crippen LogP contribution in [-0.4, -0.2) is 26.4 Å². The van der Waals surface area contributed by atoms with E-state index in [9.17, 15) is 0 Å². The van der Waals surface area contributed by atoms with Crippen molar-refractivity contribution in [1.82, 2.24) is 20.2 Å². The number of aromatic nitrogens is 4. The van der Waals surface area contributed by atoms with Crippen molar-refractivity contribution in [2.45, 2.75) is 26.2 Å². The number of hydrogen-bond donors (Lipinski definition) is 2. The lowest BCUT2D eigenvalue weighted by molar-refractivity contribution is 0.607. The van der Waals surface area contributed by atoms with Crippen LogP contribution in [0.25, 0.3) is 22.1 Å². The highest BCUT2D eigenvalue weighted by molar-refractivity contribution is 6.03. The molecule has 0 saturated heterocycles. The molecule has 4 rings (SSSR count). The minimum Gasteiger partial charge on any atom is -0.338 e. The monoisotopic (exact) mass is 306 g/mol. The first-order valence-corrected chi connectivity index (χ1v) is 7.85. The third-order valence-corrected chi connectivity index (χ3v) is 4.25. The summed E-state index contributed by atoms with van der Waals surface area (Å²) < 4.78 is 0. The maximum Gasteiger partial charge on any atom is 0.265 e. The Bertz CT molecular complexity index is 908. The lowest BCUT2D eigenvalue weighted by Gasteiger charge is -2.15. The number of allylic oxidation sites excluding steroid dienone is 2. The van der Waals surface area contributed by atoms with E-state index >= 15 is 0 Å². The SMILES string of the molecule is CC1=CC[C@H](/C=N/Nc2nnc3c(n2)[nH]c2ccccc23)CC1. The molecular weight excluding hydrogens is 288 g/mol. The standard InChI is InChI=1S/C17H18N6/c1-11-6-8-12(9-7-11)10-18-22-17-20-16-15(21-23-17)13-4-2-3-5-14(13)19-16/h2-6,10,12H,7-9H2,1H3,(H2,19,20,22,23)/b18-10+/t12-/m0/s1. The average Bonchev–Trinajstić information content (AvgIpc) is 2.94. The molecular formula is C17H18N6. The van der Waals surface area contributed by atoms with Crippen molar-refractivity contribution in [1.29, 1.82) is 0 Å². The first kappa shape index (κ1) is 13.9. The predicted molar refractivity (Wildman–Crippen MR) is 92.4 cm³/mol. The molecule has 0 radical (unpaired) electrons. The Hall–Kier alpha value is -2.76. The fourth-order valence-electron chi connectivity index (χ4n) is 2.89. The number of fused-ring (bicyclic) bond motifs is 3. The van der Waals surface area contributed by atoms with Crippen molar-refractivity contribution in [2.75, 3.05) is 5.43 Å². The maximum absolute atomic E-state index is 4.44. The van der Waals surface area contributed by atoms with Crippen LogP contribution in [0.3, 0.4) is 0 Å². The Morgan fingerprint density at radius 3 is 3.09 bits per heavy atom. The Morgan fingerprint density at radius 1 is 1.30 bits per heavy atom. The summed E-state index contributed by atoms with van der Waals surface area (Å²) in [5, 5.41) is 13.7. The lowest BCUT2D eigenvalue weighted by atomic mass is 9.91. The molecule has 1 atom stereocenters. The zero-order valence-corrected chi connectivity index (χ0v) is 13.0. The molecule has 2 N–H and O–H groups in total. The molecule has 2 heterocycles. The summed E-state index contributed by atoms with van der Waals surface area (Å²) in [4.78, 5) is 7.69. The summed E-state index contributed by atoms with van der Waals surface area (Å²) in [5.74, 6) is 0.888. The molecule has 3 aromatic rings. The van der Waals surface area contributed by atoms with E-state index in [0.717, 1.165) is 41.3 Å². The minimum absolute atomic E-state index is 0.405. The molecule has 116 valence electrons. The van der Waals surface area contributed by atoms with E-state index < -0.39 is 0 Å². The molecule has 1 aliphatic rings. The fraction of sp³-hybridized carbons (Fsp3) is 0.294. The van der Waals surface area contributed by atoms with Gasteiger partial charge in [-0.15, -0.1) is 10.2 Å². The van der Waals surface area contributed by atoms with Gasteiger partial charge in [-0.1, -0.05) is 29.8 Å². The Kier molecular flexibility index (Phi) is 3.49. The fourth-order valence-corrected chi connectivity index (χ4v) is 2.89. The van der Waals surface area contributed by atoms with Crippen LogP contribution in [-0.2, 0) is 0 Å². The number of hydrazone groups is 1. The van der Waals surface area contributed by atoms with Crippen LogP contribution in [0.4, 0.5) is 5.95 Å². The molecule has 0 aliphatic heterocycles. The van der Waals surface area contributed by atoms with Crippen molar-refractivity contribution in [3.63, 3.8) is 0 Å². The van der Waals surface area contributed by atoms with Gasteiger partial charge in [-0.2, -0.15) is 10.1 Å². The van der Waals surface area contributed by atoms with Gasteiger partial charge in [0.15, 0.2) is 5.65 Å². The summed E-state index contributed by atoms with van der Waals surface area (Å²) in [6.07, 6.45) is 7.58. The van der Waals surface area contributed by atoms with Crippen molar-refractivity contribution < 1.29 is 0 Å². The number of anilines is 1. The Balaban J connectivity index is 1.52. The van der Waals surface area contributed by atoms with Crippen LogP contribution in [0.15, 0.2) is 41.0 Å². The molecule has 0 saturated carbocycles. The average molecular weight is 306 g/mol. The normalized spacial score (nSPS) is 18.7. The number of para-hydroxylation sites is 1. The number of nitrogens with zero attached hydrogens (tertiary/aromatic N) is 4. The summed E-state index contributed by atoms with van der Waals surface area (Å²) in [7, 11) is 0. The van der Waals surface area contributed by atoms with E-state index in [4.69, 9.17) is 0 Å². The van der Waals surface area contributed by atoms with Gasteiger partial charge in [-0.3, -0.25) is 0 Å². The van der Waals surface area contributed by atoms with Gasteiger partial charge < -0.3 is 4.98 Å². The van der Waals surface area contributed by atoms with E-state index in [0.29, 0.717) is 11.9 Å². The highest BCUT2D eigenvalue weighted by Gasteiger charge is 2.10. The van der Waals surface area contributed by atoms with E-state index in [2.05, 4.69) is 43.7 Å². The number of hydrogen-bond acceptors (Lipinski definition) is 5. The molecule has 6 nitrogen and oxygen atoms in total. The van der Waals surface area contributed by atoms with Gasteiger partial charge in [0.1, 0.15) is 5.52 Å². The molecule has 0 bridgehead atoms. The minimum atomic E-state index is 0.405. The van der Waals surface area contributed by atoms with Crippen LogP contribution in [0, 0.1) is 5.92 Å². The van der Waals surface area contributed by atoms with Gasteiger partial charge in [0.05, 0.1) is 0 Å². The van der Waals surface area contributed by atoms with Crippen molar-refractivity contribution in [3.05, 3.63) is 35.9 Å². The van der Waals surface area contributed by atoms with Crippen LogP contribution in [0.1, 0.15) is 26.2 Å². The largest absolute Gasteiger partial charge is 0.338 e. The molecule has 0 unspecified atom stereocenters. The molecule has 1 aromatic carbocycles. The highest BCUT2D eigenvalue weighted by atomic mass is 15.4. The third-order valence-electron chi connectivity index (χ3n) is 4.25. The van der Waals surface area contributed by atoms with Crippen LogP contribution in [0.2, 0.25) is 0 Å². The zero-order valence-electron chi connectivity index (χ0n) is 13.0. The summed E-state index contributed by atoms with van der Waals surface area (Å²) in [6.45, 7) is 2.18. The van der Waals surface area contributed by atoms with Gasteiger partial charge in [-0.25, -0.2) is 5.43 Å². The summed E-state index contributed by atoms with van der Waals surface area (Å²) in [5.41, 5.74) is 6.86. The van der Waals surface area contributed by atoms with E-state index in [1.807, 2.05) is 30.5 Å². The van der Waals surface area contributed by atoms with E-state index in [-0.39, 0.29) is 0 Å². The van der Waals surface area contributed by atoms with Gasteiger partial charge in [-0.05, 0) is 38.2 Å². The molecule has 0 spiro atoms. The van der Waals surface area contributed by atoms with Crippen molar-refractivity contribution in [3.8, 4) is 0 Å². The Morgan fingerprint density at radius 2 is 2.22 bits per heavy atom.